The quantitative estimate of drug-likeness (QED) is 0.741. The van der Waals surface area contributed by atoms with Crippen LogP contribution in [0.2, 0.25) is 0 Å². The highest BCUT2D eigenvalue weighted by atomic mass is 32.2. The summed E-state index contributed by atoms with van der Waals surface area (Å²) in [6.45, 7) is 5.28. The van der Waals surface area contributed by atoms with Crippen molar-refractivity contribution in [1.82, 2.24) is 10.0 Å². The summed E-state index contributed by atoms with van der Waals surface area (Å²) in [5, 5.41) is 2.73. The van der Waals surface area contributed by atoms with E-state index in [9.17, 15) is 13.2 Å². The molecule has 0 bridgehead atoms. The van der Waals surface area contributed by atoms with E-state index >= 15 is 0 Å². The van der Waals surface area contributed by atoms with Crippen LogP contribution in [0.5, 0.6) is 11.5 Å². The van der Waals surface area contributed by atoms with Crippen molar-refractivity contribution in [3.8, 4) is 11.5 Å². The fourth-order valence-electron chi connectivity index (χ4n) is 1.81. The third kappa shape index (κ3) is 5.11. The summed E-state index contributed by atoms with van der Waals surface area (Å²) in [4.78, 5) is 12.0. The van der Waals surface area contributed by atoms with Gasteiger partial charge in [-0.25, -0.2) is 8.42 Å². The van der Waals surface area contributed by atoms with Gasteiger partial charge >= 0.3 is 0 Å². The minimum atomic E-state index is -3.85. The van der Waals surface area contributed by atoms with E-state index in [1.54, 1.807) is 0 Å². The molecule has 8 heteroatoms. The van der Waals surface area contributed by atoms with Crippen LogP contribution < -0.4 is 19.5 Å². The summed E-state index contributed by atoms with van der Waals surface area (Å²) in [5.41, 5.74) is 0. The normalized spacial score (nSPS) is 14.0. The molecular formula is C15H24N2O5S. The maximum Gasteiger partial charge on any atom is 0.241 e. The van der Waals surface area contributed by atoms with Gasteiger partial charge in [-0.3, -0.25) is 4.79 Å². The molecule has 2 atom stereocenters. The van der Waals surface area contributed by atoms with Gasteiger partial charge < -0.3 is 14.8 Å². The molecule has 0 fully saturated rings. The Balaban J connectivity index is 2.93. The molecule has 130 valence electrons. The largest absolute Gasteiger partial charge is 0.493 e. The van der Waals surface area contributed by atoms with Crippen LogP contribution in [0, 0.1) is 0 Å². The topological polar surface area (TPSA) is 93.7 Å². The van der Waals surface area contributed by atoms with Crippen LogP contribution in [-0.2, 0) is 14.8 Å². The molecule has 0 aromatic heterocycles. The Morgan fingerprint density at radius 1 is 1.17 bits per heavy atom. The molecule has 0 unspecified atom stereocenters. The molecule has 0 spiro atoms. The number of sulfonamides is 1. The number of hydrogen-bond donors (Lipinski definition) is 2. The van der Waals surface area contributed by atoms with Gasteiger partial charge in [-0.2, -0.15) is 4.72 Å². The number of carbonyl (C=O) groups is 1. The van der Waals surface area contributed by atoms with Crippen molar-refractivity contribution in [3.63, 3.8) is 0 Å². The van der Waals surface area contributed by atoms with Gasteiger partial charge in [0.2, 0.25) is 15.9 Å². The highest BCUT2D eigenvalue weighted by Crippen LogP contribution is 2.29. The number of benzene rings is 1. The van der Waals surface area contributed by atoms with Crippen LogP contribution in [0.3, 0.4) is 0 Å². The molecule has 1 amide bonds. The first-order chi connectivity index (χ1) is 10.7. The Labute approximate surface area is 137 Å². The summed E-state index contributed by atoms with van der Waals surface area (Å²) in [7, 11) is -0.967. The Morgan fingerprint density at radius 2 is 1.78 bits per heavy atom. The number of amides is 1. The third-order valence-electron chi connectivity index (χ3n) is 3.39. The Bertz CT molecular complexity index is 645. The standard InChI is InChI=1S/C15H24N2O5S/c1-6-10(2)16-15(18)11(3)17-23(19,20)12-7-8-13(21-4)14(9-12)22-5/h7-11,17H,6H2,1-5H3,(H,16,18)/t10-,11-/m0/s1. The van der Waals surface area contributed by atoms with Crippen molar-refractivity contribution in [2.24, 2.45) is 0 Å². The van der Waals surface area contributed by atoms with E-state index in [2.05, 4.69) is 10.0 Å². The van der Waals surface area contributed by atoms with Gasteiger partial charge in [0.1, 0.15) is 0 Å². The van der Waals surface area contributed by atoms with Crippen LogP contribution in [0.25, 0.3) is 0 Å². The molecule has 1 aromatic carbocycles. The molecule has 2 N–H and O–H groups in total. The first-order valence-electron chi connectivity index (χ1n) is 7.29. The van der Waals surface area contributed by atoms with E-state index in [1.807, 2.05) is 13.8 Å². The molecule has 1 aromatic rings. The zero-order valence-electron chi connectivity index (χ0n) is 14.0. The molecule has 0 aliphatic carbocycles. The molecule has 7 nitrogen and oxygen atoms in total. The number of ether oxygens (including phenoxy) is 2. The van der Waals surface area contributed by atoms with Crippen molar-refractivity contribution in [2.75, 3.05) is 14.2 Å². The molecule has 23 heavy (non-hydrogen) atoms. The Morgan fingerprint density at radius 3 is 2.30 bits per heavy atom. The van der Waals surface area contributed by atoms with Crippen molar-refractivity contribution >= 4 is 15.9 Å². The molecule has 0 aliphatic rings. The second-order valence-corrected chi connectivity index (χ2v) is 6.89. The summed E-state index contributed by atoms with van der Waals surface area (Å²) in [6.07, 6.45) is 0.765. The first kappa shape index (κ1) is 19.2. The molecule has 0 heterocycles. The van der Waals surface area contributed by atoms with Gasteiger partial charge in [0, 0.05) is 12.1 Å². The van der Waals surface area contributed by atoms with E-state index in [0.717, 1.165) is 6.42 Å². The lowest BCUT2D eigenvalue weighted by Crippen LogP contribution is -2.47. The molecule has 0 aliphatic heterocycles. The fourth-order valence-corrected chi connectivity index (χ4v) is 3.03. The second-order valence-electron chi connectivity index (χ2n) is 5.18. The average molecular weight is 344 g/mol. The number of carbonyl (C=O) groups excluding carboxylic acids is 1. The van der Waals surface area contributed by atoms with Crippen molar-refractivity contribution in [2.45, 2.75) is 44.2 Å². The number of methoxy groups -OCH3 is 2. The van der Waals surface area contributed by atoms with E-state index in [-0.39, 0.29) is 16.8 Å². The maximum atomic E-state index is 12.4. The number of rotatable bonds is 8. The molecule has 0 radical (unpaired) electrons. The lowest BCUT2D eigenvalue weighted by Gasteiger charge is -2.18. The highest BCUT2D eigenvalue weighted by Gasteiger charge is 2.23. The molecule has 0 saturated carbocycles. The third-order valence-corrected chi connectivity index (χ3v) is 4.93. The van der Waals surface area contributed by atoms with E-state index in [1.165, 1.54) is 39.3 Å². The summed E-state index contributed by atoms with van der Waals surface area (Å²) in [6, 6.07) is 3.33. The predicted octanol–water partition coefficient (Wildman–Crippen LogP) is 1.29. The van der Waals surface area contributed by atoms with E-state index in [4.69, 9.17) is 9.47 Å². The smallest absolute Gasteiger partial charge is 0.241 e. The lowest BCUT2D eigenvalue weighted by atomic mass is 10.2. The molecule has 0 saturated heterocycles. The first-order valence-corrected chi connectivity index (χ1v) is 8.78. The second kappa shape index (κ2) is 8.16. The number of hydrogen-bond acceptors (Lipinski definition) is 5. The van der Waals surface area contributed by atoms with Gasteiger partial charge in [0.15, 0.2) is 11.5 Å². The van der Waals surface area contributed by atoms with Crippen LogP contribution in [-0.4, -0.2) is 40.6 Å². The Hall–Kier alpha value is -1.80. The Kier molecular flexibility index (Phi) is 6.83. The highest BCUT2D eigenvalue weighted by molar-refractivity contribution is 7.89. The summed E-state index contributed by atoms with van der Waals surface area (Å²) >= 11 is 0. The van der Waals surface area contributed by atoms with Gasteiger partial charge in [-0.1, -0.05) is 6.92 Å². The zero-order valence-corrected chi connectivity index (χ0v) is 14.9. The zero-order chi connectivity index (χ0) is 17.6. The van der Waals surface area contributed by atoms with Crippen molar-refractivity contribution in [3.05, 3.63) is 18.2 Å². The monoisotopic (exact) mass is 344 g/mol. The average Bonchev–Trinajstić information content (AvgIpc) is 2.53. The SMILES string of the molecule is CC[C@H](C)NC(=O)[C@H](C)NS(=O)(=O)c1ccc(OC)c(OC)c1. The number of nitrogens with one attached hydrogen (secondary N) is 2. The maximum absolute atomic E-state index is 12.4. The fraction of sp³-hybridized carbons (Fsp3) is 0.533. The van der Waals surface area contributed by atoms with E-state index < -0.39 is 16.1 Å². The molecular weight excluding hydrogens is 320 g/mol. The summed E-state index contributed by atoms with van der Waals surface area (Å²) in [5.74, 6) is 0.351. The lowest BCUT2D eigenvalue weighted by molar-refractivity contribution is -0.122. The van der Waals surface area contributed by atoms with Gasteiger partial charge in [-0.05, 0) is 32.4 Å². The van der Waals surface area contributed by atoms with E-state index in [0.29, 0.717) is 11.5 Å². The van der Waals surface area contributed by atoms with Gasteiger partial charge in [0.25, 0.3) is 0 Å². The predicted molar refractivity (Wildman–Crippen MR) is 87.2 cm³/mol. The van der Waals surface area contributed by atoms with Crippen LogP contribution in [0.15, 0.2) is 23.1 Å². The molecule has 1 rings (SSSR count). The summed E-state index contributed by atoms with van der Waals surface area (Å²) < 4.78 is 37.3. The van der Waals surface area contributed by atoms with Crippen molar-refractivity contribution in [1.29, 1.82) is 0 Å². The minimum Gasteiger partial charge on any atom is -0.493 e. The van der Waals surface area contributed by atoms with Crippen LogP contribution in [0.1, 0.15) is 27.2 Å². The van der Waals surface area contributed by atoms with Crippen LogP contribution in [0.4, 0.5) is 0 Å². The van der Waals surface area contributed by atoms with Crippen molar-refractivity contribution < 1.29 is 22.7 Å². The van der Waals surface area contributed by atoms with Gasteiger partial charge in [0.05, 0.1) is 25.2 Å². The van der Waals surface area contributed by atoms with Gasteiger partial charge in [-0.15, -0.1) is 0 Å². The van der Waals surface area contributed by atoms with Crippen LogP contribution >= 0.6 is 0 Å². The minimum absolute atomic E-state index is 0.00154.